The number of halogens is 1. The minimum absolute atomic E-state index is 0. The maximum atomic E-state index is 11.2. The molecular weight excluding hydrogens is 378 g/mol. The van der Waals surface area contributed by atoms with E-state index in [1.54, 1.807) is 36.4 Å². The molecule has 0 aliphatic heterocycles. The summed E-state index contributed by atoms with van der Waals surface area (Å²) in [6.07, 6.45) is 5.85. The third kappa shape index (κ3) is 5.11. The topological polar surface area (TPSA) is 70.6 Å². The zero-order valence-electron chi connectivity index (χ0n) is 15.2. The molecular formula is C22H20ClNO4. The molecule has 6 heteroatoms. The fraction of sp³-hybridized carbons (Fsp3) is 0.0909. The number of aromatic carboxylic acids is 1. The third-order valence-electron chi connectivity index (χ3n) is 4.15. The van der Waals surface area contributed by atoms with Gasteiger partial charge in [-0.3, -0.25) is 0 Å². The van der Waals surface area contributed by atoms with Crippen LogP contribution in [0.3, 0.4) is 0 Å². The average molecular weight is 398 g/mol. The minimum Gasteiger partial charge on any atom is -1.00 e. The molecule has 0 aliphatic rings. The van der Waals surface area contributed by atoms with Gasteiger partial charge in [-0.2, -0.15) is 4.57 Å². The van der Waals surface area contributed by atoms with E-state index in [-0.39, 0.29) is 23.7 Å². The maximum absolute atomic E-state index is 11.2. The molecule has 3 rings (SSSR count). The van der Waals surface area contributed by atoms with Crippen LogP contribution < -0.4 is 21.7 Å². The molecule has 0 saturated carbocycles. The van der Waals surface area contributed by atoms with E-state index in [2.05, 4.69) is 0 Å². The molecule has 0 atom stereocenters. The van der Waals surface area contributed by atoms with Crippen molar-refractivity contribution in [3.63, 3.8) is 0 Å². The molecule has 0 fully saturated rings. The molecule has 0 unspecified atom stereocenters. The van der Waals surface area contributed by atoms with Crippen molar-refractivity contribution in [2.24, 2.45) is 0 Å². The predicted octanol–water partition coefficient (Wildman–Crippen LogP) is 0.609. The van der Waals surface area contributed by atoms with Crippen LogP contribution in [0, 0.1) is 0 Å². The van der Waals surface area contributed by atoms with E-state index in [1.807, 2.05) is 47.2 Å². The first-order chi connectivity index (χ1) is 13.1. The molecule has 144 valence electrons. The number of nitrogens with zero attached hydrogens (tertiary/aromatic N) is 1. The summed E-state index contributed by atoms with van der Waals surface area (Å²) < 4.78 is 7.17. The first-order valence-electron chi connectivity index (χ1n) is 8.42. The van der Waals surface area contributed by atoms with Crippen molar-refractivity contribution in [1.82, 2.24) is 0 Å². The Kier molecular flexibility index (Phi) is 7.18. The summed E-state index contributed by atoms with van der Waals surface area (Å²) in [4.78, 5) is 11.2. The second kappa shape index (κ2) is 9.58. The summed E-state index contributed by atoms with van der Waals surface area (Å²) in [7, 11) is 1.51. The number of benzene rings is 2. The van der Waals surface area contributed by atoms with Crippen LogP contribution in [-0.2, 0) is 6.54 Å². The van der Waals surface area contributed by atoms with Gasteiger partial charge in [-0.05, 0) is 42.0 Å². The van der Waals surface area contributed by atoms with Gasteiger partial charge in [-0.25, -0.2) is 4.79 Å². The molecule has 1 aromatic heterocycles. The van der Waals surface area contributed by atoms with E-state index in [9.17, 15) is 9.90 Å². The average Bonchev–Trinajstić information content (AvgIpc) is 2.68. The summed E-state index contributed by atoms with van der Waals surface area (Å²) in [5.74, 6) is -0.414. The summed E-state index contributed by atoms with van der Waals surface area (Å²) in [6, 6.07) is 17.9. The molecule has 28 heavy (non-hydrogen) atoms. The Hall–Kier alpha value is -3.31. The van der Waals surface area contributed by atoms with Gasteiger partial charge in [0.1, 0.15) is 0 Å². The number of pyridine rings is 1. The lowest BCUT2D eigenvalue weighted by Gasteiger charge is -2.04. The molecule has 0 bridgehead atoms. The van der Waals surface area contributed by atoms with Crippen LogP contribution in [0.15, 0.2) is 66.9 Å². The molecule has 2 N–H and O–H groups in total. The Morgan fingerprint density at radius 2 is 1.89 bits per heavy atom. The molecule has 5 nitrogen and oxygen atoms in total. The molecule has 0 spiro atoms. The van der Waals surface area contributed by atoms with Crippen LogP contribution >= 0.6 is 0 Å². The smallest absolute Gasteiger partial charge is 0.335 e. The second-order valence-corrected chi connectivity index (χ2v) is 6.02. The van der Waals surface area contributed by atoms with Crippen molar-refractivity contribution in [3.05, 3.63) is 89.2 Å². The van der Waals surface area contributed by atoms with E-state index in [4.69, 9.17) is 9.84 Å². The fourth-order valence-corrected chi connectivity index (χ4v) is 2.76. The second-order valence-electron chi connectivity index (χ2n) is 6.02. The molecule has 0 aliphatic carbocycles. The fourth-order valence-electron chi connectivity index (χ4n) is 2.76. The summed E-state index contributed by atoms with van der Waals surface area (Å²) >= 11 is 0. The van der Waals surface area contributed by atoms with E-state index in [1.165, 1.54) is 7.11 Å². The summed E-state index contributed by atoms with van der Waals surface area (Å²) in [5.41, 5.74) is 3.04. The number of aromatic hydroxyl groups is 1. The number of rotatable bonds is 6. The summed E-state index contributed by atoms with van der Waals surface area (Å²) in [5, 5.41) is 18.9. The van der Waals surface area contributed by atoms with Crippen molar-refractivity contribution in [3.8, 4) is 11.5 Å². The van der Waals surface area contributed by atoms with Crippen LogP contribution in [0.1, 0.15) is 27.2 Å². The van der Waals surface area contributed by atoms with Gasteiger partial charge in [0.15, 0.2) is 24.2 Å². The van der Waals surface area contributed by atoms with Crippen molar-refractivity contribution in [2.45, 2.75) is 6.54 Å². The van der Waals surface area contributed by atoms with Crippen LogP contribution in [0.25, 0.3) is 12.2 Å². The number of phenolic OH excluding ortho intramolecular Hbond substituents is 1. The van der Waals surface area contributed by atoms with Gasteiger partial charge in [0.25, 0.3) is 0 Å². The monoisotopic (exact) mass is 397 g/mol. The first kappa shape index (κ1) is 21.0. The highest BCUT2D eigenvalue weighted by Crippen LogP contribution is 2.26. The molecule has 3 aromatic rings. The summed E-state index contributed by atoms with van der Waals surface area (Å²) in [6.45, 7) is 0.556. The third-order valence-corrected chi connectivity index (χ3v) is 4.15. The van der Waals surface area contributed by atoms with Gasteiger partial charge in [0.05, 0.1) is 12.7 Å². The van der Waals surface area contributed by atoms with Crippen LogP contribution in [0.5, 0.6) is 11.5 Å². The van der Waals surface area contributed by atoms with Crippen LogP contribution in [0.4, 0.5) is 0 Å². The maximum Gasteiger partial charge on any atom is 0.335 e. The minimum atomic E-state index is -0.934. The highest BCUT2D eigenvalue weighted by atomic mass is 35.5. The van der Waals surface area contributed by atoms with Gasteiger partial charge < -0.3 is 27.4 Å². The lowest BCUT2D eigenvalue weighted by Crippen LogP contribution is -3.00. The number of phenols is 1. The molecule has 1 heterocycles. The zero-order chi connectivity index (χ0) is 19.2. The van der Waals surface area contributed by atoms with Crippen molar-refractivity contribution < 1.29 is 36.7 Å². The number of hydrogen-bond acceptors (Lipinski definition) is 3. The van der Waals surface area contributed by atoms with Gasteiger partial charge in [0, 0.05) is 23.8 Å². The number of carboxylic acid groups (broad SMARTS) is 1. The first-order valence-corrected chi connectivity index (χ1v) is 8.42. The highest BCUT2D eigenvalue weighted by molar-refractivity contribution is 5.87. The number of aromatic nitrogens is 1. The standard InChI is InChI=1S/C22H19NO4.ClH/c1-27-21-14-16(9-11-20(21)24)8-10-19-7-2-3-12-23(19)15-17-5-4-6-18(13-17)22(25)26;/h2-14H,15H2,1H3,(H,25,26);1H. The Morgan fingerprint density at radius 1 is 1.07 bits per heavy atom. The Balaban J connectivity index is 0.00000280. The Bertz CT molecular complexity index is 1000. The van der Waals surface area contributed by atoms with E-state index in [0.29, 0.717) is 12.3 Å². The number of methoxy groups -OCH3 is 1. The highest BCUT2D eigenvalue weighted by Gasteiger charge is 2.10. The van der Waals surface area contributed by atoms with Crippen molar-refractivity contribution >= 4 is 18.1 Å². The predicted molar refractivity (Wildman–Crippen MR) is 103 cm³/mol. The van der Waals surface area contributed by atoms with Gasteiger partial charge in [0.2, 0.25) is 5.69 Å². The Morgan fingerprint density at radius 3 is 2.64 bits per heavy atom. The number of hydrogen-bond donors (Lipinski definition) is 2. The number of ether oxygens (including phenoxy) is 1. The van der Waals surface area contributed by atoms with E-state index in [0.717, 1.165) is 16.8 Å². The number of carbonyl (C=O) groups is 1. The number of carboxylic acids is 1. The van der Waals surface area contributed by atoms with Crippen LogP contribution in [0.2, 0.25) is 0 Å². The zero-order valence-corrected chi connectivity index (χ0v) is 16.0. The van der Waals surface area contributed by atoms with Gasteiger partial charge >= 0.3 is 5.97 Å². The van der Waals surface area contributed by atoms with Crippen molar-refractivity contribution in [2.75, 3.05) is 7.11 Å². The molecule has 0 saturated heterocycles. The Labute approximate surface area is 169 Å². The van der Waals surface area contributed by atoms with Crippen molar-refractivity contribution in [1.29, 1.82) is 0 Å². The normalized spacial score (nSPS) is 10.5. The lowest BCUT2D eigenvalue weighted by molar-refractivity contribution is -0.690. The lowest BCUT2D eigenvalue weighted by atomic mass is 10.1. The molecule has 2 aromatic carbocycles. The van der Waals surface area contributed by atoms with Crippen LogP contribution in [-0.4, -0.2) is 23.3 Å². The molecule has 0 amide bonds. The largest absolute Gasteiger partial charge is 1.00 e. The molecule has 0 radical (unpaired) electrons. The van der Waals surface area contributed by atoms with Gasteiger partial charge in [-0.15, -0.1) is 0 Å². The van der Waals surface area contributed by atoms with E-state index >= 15 is 0 Å². The SMILES string of the molecule is COc1cc(/C=C/c2cccc[n+]2Cc2cccc(C(=O)O)c2)ccc1O.[Cl-]. The van der Waals surface area contributed by atoms with Gasteiger partial charge in [-0.1, -0.05) is 18.2 Å². The quantitative estimate of drug-likeness (QED) is 0.598. The van der Waals surface area contributed by atoms with E-state index < -0.39 is 5.97 Å².